The van der Waals surface area contributed by atoms with Crippen molar-refractivity contribution in [1.82, 2.24) is 18.6 Å². The zero-order valence-electron chi connectivity index (χ0n) is 19.4. The highest BCUT2D eigenvalue weighted by atomic mass is 35.5. The highest BCUT2D eigenvalue weighted by Gasteiger charge is 2.32. The van der Waals surface area contributed by atoms with E-state index < -0.39 is 20.0 Å². The largest absolute Gasteiger partial charge is 0.342 e. The number of rotatable bonds is 5. The molecule has 0 spiro atoms. The molecule has 2 aliphatic rings. The first-order valence-corrected chi connectivity index (χ1v) is 15.3. The summed E-state index contributed by atoms with van der Waals surface area (Å²) in [6.45, 7) is 1.77. The summed E-state index contributed by atoms with van der Waals surface area (Å²) in [7, 11) is -7.33. The van der Waals surface area contributed by atoms with E-state index in [0.717, 1.165) is 42.5 Å². The smallest absolute Gasteiger partial charge is 0.243 e. The maximum Gasteiger partial charge on any atom is 0.243 e. The van der Waals surface area contributed by atoms with E-state index in [-0.39, 0.29) is 15.7 Å². The van der Waals surface area contributed by atoms with Crippen LogP contribution in [0.2, 0.25) is 5.02 Å². The summed E-state index contributed by atoms with van der Waals surface area (Å²) in [5, 5.41) is 0.638. The highest BCUT2D eigenvalue weighted by Crippen LogP contribution is 2.31. The van der Waals surface area contributed by atoms with Gasteiger partial charge in [0.25, 0.3) is 0 Å². The van der Waals surface area contributed by atoms with Gasteiger partial charge >= 0.3 is 0 Å². The molecule has 1 aromatic heterocycles. The van der Waals surface area contributed by atoms with Crippen LogP contribution in [0.1, 0.15) is 50.3 Å². The number of hydrogen-bond donors (Lipinski definition) is 1. The van der Waals surface area contributed by atoms with Crippen molar-refractivity contribution in [3.05, 3.63) is 53.3 Å². The molecule has 2 fully saturated rings. The molecule has 0 radical (unpaired) electrons. The van der Waals surface area contributed by atoms with Crippen molar-refractivity contribution < 1.29 is 16.8 Å². The molecule has 1 N–H and O–H groups in total. The molecule has 3 aromatic rings. The molecule has 11 heteroatoms. The van der Waals surface area contributed by atoms with E-state index in [1.165, 1.54) is 32.9 Å². The van der Waals surface area contributed by atoms with Crippen LogP contribution in [0.4, 0.5) is 0 Å². The predicted molar refractivity (Wildman–Crippen MR) is 136 cm³/mol. The standard InChI is InChI=1S/C24H29ClN4O4S2/c25-19-5-10-22-23(17-19)27-24(26-22)18-11-15-29(16-12-18)35(32,33)21-8-6-20(7-9-21)34(30,31)28-13-3-1-2-4-14-28/h5-10,17-18H,1-4,11-16H2,(H,26,27). The fourth-order valence-electron chi connectivity index (χ4n) is 4.93. The fourth-order valence-corrected chi connectivity index (χ4v) is 8.09. The molecule has 2 aliphatic heterocycles. The number of imidazole rings is 1. The van der Waals surface area contributed by atoms with E-state index in [1.54, 1.807) is 6.07 Å². The highest BCUT2D eigenvalue weighted by molar-refractivity contribution is 7.89. The molecule has 0 saturated carbocycles. The van der Waals surface area contributed by atoms with Crippen molar-refractivity contribution in [3.8, 4) is 0 Å². The number of halogens is 1. The van der Waals surface area contributed by atoms with E-state index in [0.29, 0.717) is 44.0 Å². The van der Waals surface area contributed by atoms with E-state index in [1.807, 2.05) is 12.1 Å². The summed E-state index contributed by atoms with van der Waals surface area (Å²) < 4.78 is 55.5. The third-order valence-electron chi connectivity index (χ3n) is 6.97. The fraction of sp³-hybridized carbons (Fsp3) is 0.458. The number of nitrogens with one attached hydrogen (secondary N) is 1. The first kappa shape index (κ1) is 24.7. The third kappa shape index (κ3) is 4.99. The number of fused-ring (bicyclic) bond motifs is 1. The second kappa shape index (κ2) is 9.82. The molecular weight excluding hydrogens is 508 g/mol. The maximum atomic E-state index is 13.2. The van der Waals surface area contributed by atoms with Gasteiger partial charge in [0, 0.05) is 37.1 Å². The Kier molecular flexibility index (Phi) is 6.93. The second-order valence-corrected chi connectivity index (χ2v) is 13.6. The lowest BCUT2D eigenvalue weighted by Crippen LogP contribution is -2.38. The number of H-pyrrole nitrogens is 1. The van der Waals surface area contributed by atoms with Crippen LogP contribution in [0.3, 0.4) is 0 Å². The van der Waals surface area contributed by atoms with Crippen LogP contribution in [-0.2, 0) is 20.0 Å². The molecule has 5 rings (SSSR count). The second-order valence-electron chi connectivity index (χ2n) is 9.25. The number of aromatic nitrogens is 2. The predicted octanol–water partition coefficient (Wildman–Crippen LogP) is 4.35. The lowest BCUT2D eigenvalue weighted by Gasteiger charge is -2.30. The Balaban J connectivity index is 1.27. The lowest BCUT2D eigenvalue weighted by molar-refractivity contribution is 0.314. The van der Waals surface area contributed by atoms with E-state index >= 15 is 0 Å². The topological polar surface area (TPSA) is 103 Å². The van der Waals surface area contributed by atoms with Crippen molar-refractivity contribution in [2.45, 2.75) is 54.2 Å². The Morgan fingerprint density at radius 2 is 1.31 bits per heavy atom. The SMILES string of the molecule is O=S(=O)(c1ccc(S(=O)(=O)N2CCC(c3nc4ccc(Cl)cc4[nH]3)CC2)cc1)N1CCCCCC1. The first-order valence-electron chi connectivity index (χ1n) is 12.0. The van der Waals surface area contributed by atoms with Gasteiger partial charge in [-0.3, -0.25) is 0 Å². The summed E-state index contributed by atoms with van der Waals surface area (Å²) >= 11 is 6.07. The third-order valence-corrected chi connectivity index (χ3v) is 11.0. The van der Waals surface area contributed by atoms with E-state index in [9.17, 15) is 16.8 Å². The summed E-state index contributed by atoms with van der Waals surface area (Å²) in [6, 6.07) is 11.2. The van der Waals surface area contributed by atoms with Crippen LogP contribution in [0.25, 0.3) is 11.0 Å². The van der Waals surface area contributed by atoms with Crippen molar-refractivity contribution in [3.63, 3.8) is 0 Å². The Labute approximate surface area is 211 Å². The first-order chi connectivity index (χ1) is 16.7. The molecule has 35 heavy (non-hydrogen) atoms. The minimum atomic E-state index is -3.71. The van der Waals surface area contributed by atoms with Gasteiger partial charge in [0.15, 0.2) is 0 Å². The Morgan fingerprint density at radius 1 is 0.771 bits per heavy atom. The molecule has 0 unspecified atom stereocenters. The maximum absolute atomic E-state index is 13.2. The molecule has 188 valence electrons. The van der Waals surface area contributed by atoms with E-state index in [2.05, 4.69) is 9.97 Å². The van der Waals surface area contributed by atoms with E-state index in [4.69, 9.17) is 11.6 Å². The summed E-state index contributed by atoms with van der Waals surface area (Å²) in [5.41, 5.74) is 1.72. The zero-order valence-corrected chi connectivity index (χ0v) is 21.7. The Bertz CT molecular complexity index is 1410. The van der Waals surface area contributed by atoms with Gasteiger partial charge in [0.1, 0.15) is 5.82 Å². The van der Waals surface area contributed by atoms with Crippen LogP contribution >= 0.6 is 11.6 Å². The summed E-state index contributed by atoms with van der Waals surface area (Å²) in [4.78, 5) is 8.23. The number of piperidine rings is 1. The minimum Gasteiger partial charge on any atom is -0.342 e. The molecule has 0 aliphatic carbocycles. The number of aromatic amines is 1. The van der Waals surface area contributed by atoms with Crippen molar-refractivity contribution in [2.24, 2.45) is 0 Å². The van der Waals surface area contributed by atoms with Crippen LogP contribution in [0, 0.1) is 0 Å². The van der Waals surface area contributed by atoms with Crippen molar-refractivity contribution in [2.75, 3.05) is 26.2 Å². The van der Waals surface area contributed by atoms with Crippen LogP contribution < -0.4 is 0 Å². The summed E-state index contributed by atoms with van der Waals surface area (Å²) in [6.07, 6.45) is 5.06. The zero-order chi connectivity index (χ0) is 24.6. The number of nitrogens with zero attached hydrogens (tertiary/aromatic N) is 3. The van der Waals surface area contributed by atoms with Gasteiger partial charge in [-0.25, -0.2) is 21.8 Å². The molecule has 2 saturated heterocycles. The minimum absolute atomic E-state index is 0.115. The average molecular weight is 537 g/mol. The van der Waals surface area contributed by atoms with Gasteiger partial charge in [-0.15, -0.1) is 0 Å². The molecular formula is C24H29ClN4O4S2. The monoisotopic (exact) mass is 536 g/mol. The van der Waals surface area contributed by atoms with Gasteiger partial charge in [0.2, 0.25) is 20.0 Å². The number of hydrogen-bond acceptors (Lipinski definition) is 5. The molecule has 8 nitrogen and oxygen atoms in total. The van der Waals surface area contributed by atoms with Crippen molar-refractivity contribution >= 4 is 42.7 Å². The molecule has 3 heterocycles. The van der Waals surface area contributed by atoms with Crippen LogP contribution in [0.15, 0.2) is 52.3 Å². The molecule has 0 amide bonds. The lowest BCUT2D eigenvalue weighted by atomic mass is 9.97. The van der Waals surface area contributed by atoms with Crippen molar-refractivity contribution in [1.29, 1.82) is 0 Å². The Hall–Kier alpha value is -1.98. The quantitative estimate of drug-likeness (QED) is 0.522. The van der Waals surface area contributed by atoms with Gasteiger partial charge in [0.05, 0.1) is 20.8 Å². The van der Waals surface area contributed by atoms with Gasteiger partial charge in [-0.05, 0) is 68.1 Å². The molecule has 0 atom stereocenters. The average Bonchev–Trinajstić information content (AvgIpc) is 3.07. The summed E-state index contributed by atoms with van der Waals surface area (Å²) in [5.74, 6) is 0.983. The molecule has 0 bridgehead atoms. The van der Waals surface area contributed by atoms with Gasteiger partial charge in [-0.2, -0.15) is 8.61 Å². The number of sulfonamides is 2. The van der Waals surface area contributed by atoms with Crippen LogP contribution in [-0.4, -0.2) is 61.6 Å². The molecule has 2 aromatic carbocycles. The van der Waals surface area contributed by atoms with Gasteiger partial charge < -0.3 is 4.98 Å². The van der Waals surface area contributed by atoms with Gasteiger partial charge in [-0.1, -0.05) is 24.4 Å². The van der Waals surface area contributed by atoms with Crippen LogP contribution in [0.5, 0.6) is 0 Å². The Morgan fingerprint density at radius 3 is 1.89 bits per heavy atom. The number of benzene rings is 2. The normalized spacial score (nSPS) is 19.7.